The molecule has 2 aliphatic heterocycles. The Morgan fingerprint density at radius 1 is 0.882 bits per heavy atom. The number of hydrogen-bond acceptors (Lipinski definition) is 15. The van der Waals surface area contributed by atoms with Crippen LogP contribution in [0.5, 0.6) is 17.4 Å². The van der Waals surface area contributed by atoms with E-state index in [1.165, 1.54) is 18.2 Å². The Bertz CT molecular complexity index is 3200. The van der Waals surface area contributed by atoms with E-state index in [1.807, 2.05) is 57.3 Å². The fourth-order valence-electron chi connectivity index (χ4n) is 10.3. The summed E-state index contributed by atoms with van der Waals surface area (Å²) in [6.07, 6.45) is 7.68. The molecule has 9 rings (SSSR count). The van der Waals surface area contributed by atoms with Crippen LogP contribution in [0.25, 0.3) is 10.9 Å². The number of amides is 2. The van der Waals surface area contributed by atoms with E-state index in [9.17, 15) is 18.0 Å². The highest BCUT2D eigenvalue weighted by Crippen LogP contribution is 2.39. The zero-order valence-corrected chi connectivity index (χ0v) is 46.4. The number of nitrogens with one attached hydrogen (secondary N) is 5. The summed E-state index contributed by atoms with van der Waals surface area (Å²) in [5.74, 6) is 2.83. The lowest BCUT2D eigenvalue weighted by Crippen LogP contribution is -2.60. The molecule has 1 saturated heterocycles. The monoisotopic (exact) mass is 1050 g/mol. The largest absolute Gasteiger partial charge is 0.492 e. The minimum absolute atomic E-state index is 0.0844. The fraction of sp³-hybridized carbons (Fsp3) is 0.491. The van der Waals surface area contributed by atoms with Gasteiger partial charge in [0.25, 0.3) is 0 Å². The normalized spacial score (nSPS) is 18.1. The number of sulfone groups is 1. The Morgan fingerprint density at radius 2 is 1.64 bits per heavy atom. The van der Waals surface area contributed by atoms with Crippen LogP contribution in [0.1, 0.15) is 114 Å². The molecule has 5 N–H and O–H groups in total. The Kier molecular flexibility index (Phi) is 15.7. The molecule has 18 nitrogen and oxygen atoms in total. The van der Waals surface area contributed by atoms with Crippen LogP contribution in [-0.4, -0.2) is 111 Å². The van der Waals surface area contributed by atoms with E-state index in [1.54, 1.807) is 37.8 Å². The van der Waals surface area contributed by atoms with Crippen molar-refractivity contribution < 1.29 is 27.5 Å². The molecule has 0 unspecified atom stereocenters. The zero-order chi connectivity index (χ0) is 54.1. The van der Waals surface area contributed by atoms with Gasteiger partial charge < -0.3 is 40.5 Å². The molecule has 0 radical (unpaired) electrons. The number of carbonyl (C=O) groups is 2. The minimum atomic E-state index is -3.86. The molecular weight excluding hydrogens is 981 g/mol. The van der Waals surface area contributed by atoms with E-state index in [4.69, 9.17) is 9.47 Å². The van der Waals surface area contributed by atoms with E-state index >= 15 is 0 Å². The van der Waals surface area contributed by atoms with Crippen LogP contribution in [0.2, 0.25) is 0 Å². The number of piperidine rings is 1. The maximum atomic E-state index is 14.9. The third-order valence-electron chi connectivity index (χ3n) is 15.4. The number of H-pyrrole nitrogens is 1. The van der Waals surface area contributed by atoms with Gasteiger partial charge in [-0.05, 0) is 132 Å². The van der Waals surface area contributed by atoms with Gasteiger partial charge in [-0.2, -0.15) is 5.10 Å². The number of rotatable bonds is 16. The van der Waals surface area contributed by atoms with Crippen molar-refractivity contribution in [3.05, 3.63) is 107 Å². The van der Waals surface area contributed by atoms with Gasteiger partial charge in [0.1, 0.15) is 46.7 Å². The van der Waals surface area contributed by atoms with Crippen molar-refractivity contribution in [2.75, 3.05) is 43.5 Å². The number of hydrogen-bond donors (Lipinski definition) is 5. The molecule has 0 saturated carbocycles. The SMILES string of the molecule is CN[C@@H](C)CN[C@H](C(=O)N1Cc2cc(Oc3cc(N4CCC(COc5cc6ncnc(Nc7n[nH]c(C)c7C)c6cc5S(=O)(=O)C(C)(C)C)CC4)ncn3)ccc2C[C@H]1C(=O)N[C@@H]1CCCc2ccccc21)C(C)(C)C. The smallest absolute Gasteiger partial charge is 0.243 e. The molecule has 1 fully saturated rings. The van der Waals surface area contributed by atoms with Crippen LogP contribution in [0.3, 0.4) is 0 Å². The van der Waals surface area contributed by atoms with Crippen molar-refractivity contribution in [2.24, 2.45) is 11.3 Å². The molecule has 404 valence electrons. The number of nitrogens with zero attached hydrogens (tertiary/aromatic N) is 7. The minimum Gasteiger partial charge on any atom is -0.492 e. The average Bonchev–Trinajstić information content (AvgIpc) is 3.72. The van der Waals surface area contributed by atoms with Crippen LogP contribution in [-0.2, 0) is 38.8 Å². The lowest BCUT2D eigenvalue weighted by Gasteiger charge is -2.42. The quantitative estimate of drug-likeness (QED) is 0.0616. The second kappa shape index (κ2) is 22.1. The number of ether oxygens (including phenoxy) is 2. The number of aromatic nitrogens is 6. The Hall–Kier alpha value is -6.70. The van der Waals surface area contributed by atoms with Crippen molar-refractivity contribution in [3.63, 3.8) is 0 Å². The van der Waals surface area contributed by atoms with Crippen molar-refractivity contribution in [3.8, 4) is 17.4 Å². The van der Waals surface area contributed by atoms with E-state index in [0.29, 0.717) is 66.8 Å². The summed E-state index contributed by atoms with van der Waals surface area (Å²) < 4.78 is 40.1. The summed E-state index contributed by atoms with van der Waals surface area (Å²) >= 11 is 0. The topological polar surface area (TPSA) is 222 Å². The van der Waals surface area contributed by atoms with Gasteiger partial charge >= 0.3 is 0 Å². The zero-order valence-electron chi connectivity index (χ0n) is 45.6. The number of fused-ring (bicyclic) bond motifs is 3. The van der Waals surface area contributed by atoms with Crippen molar-refractivity contribution in [1.82, 2.24) is 51.0 Å². The highest BCUT2D eigenvalue weighted by molar-refractivity contribution is 7.92. The average molecular weight is 1060 g/mol. The number of aromatic amines is 1. The summed E-state index contributed by atoms with van der Waals surface area (Å²) in [6.45, 7) is 19.7. The maximum absolute atomic E-state index is 14.9. The molecule has 6 aromatic rings. The molecule has 19 heteroatoms. The van der Waals surface area contributed by atoms with Crippen molar-refractivity contribution >= 4 is 50.0 Å². The standard InChI is InChI=1S/C57H74N12O6S/c1-34(58-10)29-59-51(56(4,5)6)55(71)69-30-40-24-41(19-18-39(40)25-46(69)54(70)64-44-17-13-15-38-14-11-12-16-42(38)44)75-50-28-49(61-33-62-50)68-22-20-37(21-23-68)31-74-47-27-45-43(26-48(47)76(72,73)57(7,8)9)53(63-32-60-45)65-52-35(2)36(3)66-67-52/h11-12,14,16,18-19,24,26-28,32-34,37,44,46,51,58-59H,13,15,17,20-23,25,29-31H2,1-10H3,(H,64,70)(H2,60,63,65,66,67)/t34-,44+,46-,51+/m0/s1. The van der Waals surface area contributed by atoms with E-state index in [2.05, 4.69) is 96.1 Å². The first-order chi connectivity index (χ1) is 36.2. The molecule has 3 aromatic heterocycles. The van der Waals surface area contributed by atoms with Crippen LogP contribution in [0, 0.1) is 25.2 Å². The molecule has 2 amide bonds. The maximum Gasteiger partial charge on any atom is 0.243 e. The number of carbonyl (C=O) groups excluding carboxylic acids is 2. The highest BCUT2D eigenvalue weighted by atomic mass is 32.2. The number of benzene rings is 3. The molecular formula is C57H74N12O6S. The van der Waals surface area contributed by atoms with E-state index < -0.39 is 32.1 Å². The number of anilines is 3. The molecule has 76 heavy (non-hydrogen) atoms. The van der Waals surface area contributed by atoms with Gasteiger partial charge in [0.15, 0.2) is 15.7 Å². The number of aryl methyl sites for hydroxylation is 2. The highest BCUT2D eigenvalue weighted by Gasteiger charge is 2.42. The van der Waals surface area contributed by atoms with Gasteiger partial charge in [-0.25, -0.2) is 28.4 Å². The third-order valence-corrected chi connectivity index (χ3v) is 17.9. The molecule has 4 atom stereocenters. The predicted octanol–water partition coefficient (Wildman–Crippen LogP) is 8.22. The molecule has 0 spiro atoms. The van der Waals surface area contributed by atoms with E-state index in [0.717, 1.165) is 65.9 Å². The Labute approximate surface area is 446 Å². The summed E-state index contributed by atoms with van der Waals surface area (Å²) in [7, 11) is -1.95. The Morgan fingerprint density at radius 3 is 2.37 bits per heavy atom. The Balaban J connectivity index is 0.882. The first-order valence-electron chi connectivity index (χ1n) is 26.6. The molecule has 0 bridgehead atoms. The van der Waals surface area contributed by atoms with Crippen LogP contribution in [0.4, 0.5) is 17.5 Å². The van der Waals surface area contributed by atoms with E-state index in [-0.39, 0.29) is 47.0 Å². The van der Waals surface area contributed by atoms with Crippen LogP contribution in [0.15, 0.2) is 78.2 Å². The van der Waals surface area contributed by atoms with Gasteiger partial charge in [0.05, 0.1) is 29.0 Å². The first kappa shape index (κ1) is 54.1. The summed E-state index contributed by atoms with van der Waals surface area (Å²) in [5.41, 5.74) is 6.24. The molecule has 3 aliphatic rings. The molecule has 5 heterocycles. The van der Waals surface area contributed by atoms with Gasteiger partial charge in [0.2, 0.25) is 17.7 Å². The van der Waals surface area contributed by atoms with Gasteiger partial charge in [-0.1, -0.05) is 51.1 Å². The molecule has 1 aliphatic carbocycles. The predicted molar refractivity (Wildman–Crippen MR) is 295 cm³/mol. The third kappa shape index (κ3) is 11.7. The van der Waals surface area contributed by atoms with Gasteiger partial charge in [0, 0.05) is 67.4 Å². The number of likely N-dealkylation sites (N-methyl/N-ethyl adjacent to an activating group) is 1. The second-order valence-corrected chi connectivity index (χ2v) is 25.5. The lowest BCUT2D eigenvalue weighted by atomic mass is 9.83. The summed E-state index contributed by atoms with van der Waals surface area (Å²) in [4.78, 5) is 51.5. The van der Waals surface area contributed by atoms with Crippen LogP contribution >= 0.6 is 0 Å². The lowest BCUT2D eigenvalue weighted by molar-refractivity contribution is -0.146. The second-order valence-electron chi connectivity index (χ2n) is 22.8. The van der Waals surface area contributed by atoms with Crippen LogP contribution < -0.4 is 35.6 Å². The van der Waals surface area contributed by atoms with Crippen molar-refractivity contribution in [2.45, 2.75) is 141 Å². The van der Waals surface area contributed by atoms with Gasteiger partial charge in [-0.15, -0.1) is 0 Å². The summed E-state index contributed by atoms with van der Waals surface area (Å²) in [6, 6.07) is 18.1. The molecule has 3 aromatic carbocycles. The van der Waals surface area contributed by atoms with Crippen molar-refractivity contribution in [1.29, 1.82) is 0 Å². The van der Waals surface area contributed by atoms with Gasteiger partial charge in [-0.3, -0.25) is 14.7 Å². The summed E-state index contributed by atoms with van der Waals surface area (Å²) in [5, 5.41) is 21.3. The fourth-order valence-corrected chi connectivity index (χ4v) is 11.7. The first-order valence-corrected chi connectivity index (χ1v) is 28.1.